The summed E-state index contributed by atoms with van der Waals surface area (Å²) < 4.78 is 5.00. The highest BCUT2D eigenvalue weighted by atomic mass is 16.5. The van der Waals surface area contributed by atoms with E-state index in [9.17, 15) is 4.79 Å². The Balaban J connectivity index is 2.04. The fourth-order valence-electron chi connectivity index (χ4n) is 2.52. The lowest BCUT2D eigenvalue weighted by molar-refractivity contribution is -0.150. The molecule has 0 bridgehead atoms. The average Bonchev–Trinajstić information content (AvgIpc) is 2.47. The third kappa shape index (κ3) is 3.33. The van der Waals surface area contributed by atoms with Crippen molar-refractivity contribution in [3.05, 3.63) is 35.9 Å². The monoisotopic (exact) mass is 262 g/mol. The third-order valence-corrected chi connectivity index (χ3v) is 3.89. The van der Waals surface area contributed by atoms with Gasteiger partial charge in [-0.3, -0.25) is 10.1 Å². The van der Waals surface area contributed by atoms with Crippen LogP contribution in [0.1, 0.15) is 18.4 Å². The predicted molar refractivity (Wildman–Crippen MR) is 74.8 cm³/mol. The fourth-order valence-corrected chi connectivity index (χ4v) is 2.52. The van der Waals surface area contributed by atoms with Gasteiger partial charge in [-0.05, 0) is 25.5 Å². The van der Waals surface area contributed by atoms with Crippen LogP contribution in [0, 0.1) is 0 Å². The van der Waals surface area contributed by atoms with Crippen molar-refractivity contribution in [2.45, 2.75) is 24.9 Å². The van der Waals surface area contributed by atoms with Crippen LogP contribution < -0.4 is 5.32 Å². The van der Waals surface area contributed by atoms with E-state index >= 15 is 0 Å². The summed E-state index contributed by atoms with van der Waals surface area (Å²) in [7, 11) is 3.55. The quantitative estimate of drug-likeness (QED) is 0.833. The molecule has 1 saturated heterocycles. The van der Waals surface area contributed by atoms with E-state index in [1.54, 1.807) is 0 Å². The molecule has 1 aliphatic heterocycles. The number of hydrogen-bond acceptors (Lipinski definition) is 4. The molecule has 2 rings (SSSR count). The minimum absolute atomic E-state index is 0.142. The molecule has 1 N–H and O–H groups in total. The summed E-state index contributed by atoms with van der Waals surface area (Å²) in [5, 5.41) is 3.42. The molecule has 0 atom stereocenters. The number of carbonyl (C=O) groups excluding carboxylic acids is 1. The maximum atomic E-state index is 12.1. The fraction of sp³-hybridized carbons (Fsp3) is 0.533. The second kappa shape index (κ2) is 6.17. The summed E-state index contributed by atoms with van der Waals surface area (Å²) in [6, 6.07) is 10.1. The minimum Gasteiger partial charge on any atom is -0.468 e. The van der Waals surface area contributed by atoms with Crippen LogP contribution in [0.3, 0.4) is 0 Å². The molecule has 0 aromatic heterocycles. The number of nitrogens with one attached hydrogen (secondary N) is 1. The van der Waals surface area contributed by atoms with E-state index in [2.05, 4.69) is 29.4 Å². The normalized spacial score (nSPS) is 19.1. The molecule has 0 spiro atoms. The van der Waals surface area contributed by atoms with Gasteiger partial charge in [0.25, 0.3) is 0 Å². The Morgan fingerprint density at radius 3 is 2.53 bits per heavy atom. The summed E-state index contributed by atoms with van der Waals surface area (Å²) in [6.07, 6.45) is 1.59. The lowest BCUT2D eigenvalue weighted by atomic mass is 9.87. The Labute approximate surface area is 114 Å². The van der Waals surface area contributed by atoms with Crippen molar-refractivity contribution in [2.75, 3.05) is 27.2 Å². The zero-order valence-electron chi connectivity index (χ0n) is 11.7. The summed E-state index contributed by atoms with van der Waals surface area (Å²) in [5.74, 6) is -0.142. The standard InChI is InChI=1S/C15H22N2O2/c1-17-10-8-15(9-11-17,14(18)19-2)16-12-13-6-4-3-5-7-13/h3-7,16H,8-12H2,1-2H3. The van der Waals surface area contributed by atoms with Crippen molar-refractivity contribution >= 4 is 5.97 Å². The summed E-state index contributed by atoms with van der Waals surface area (Å²) >= 11 is 0. The lowest BCUT2D eigenvalue weighted by Gasteiger charge is -2.39. The van der Waals surface area contributed by atoms with Gasteiger partial charge in [0.05, 0.1) is 7.11 Å². The van der Waals surface area contributed by atoms with Gasteiger partial charge in [0.15, 0.2) is 0 Å². The molecule has 1 fully saturated rings. The number of methoxy groups -OCH3 is 1. The number of esters is 1. The van der Waals surface area contributed by atoms with Gasteiger partial charge in [0.2, 0.25) is 0 Å². The van der Waals surface area contributed by atoms with Crippen LogP contribution in [0.5, 0.6) is 0 Å². The molecule has 0 saturated carbocycles. The zero-order chi connectivity index (χ0) is 13.7. The number of likely N-dealkylation sites (tertiary alicyclic amines) is 1. The number of ether oxygens (including phenoxy) is 1. The molecular formula is C15H22N2O2. The van der Waals surface area contributed by atoms with Crippen LogP contribution in [0.15, 0.2) is 30.3 Å². The zero-order valence-corrected chi connectivity index (χ0v) is 11.7. The smallest absolute Gasteiger partial charge is 0.326 e. The minimum atomic E-state index is -0.531. The van der Waals surface area contributed by atoms with Crippen LogP contribution >= 0.6 is 0 Å². The average molecular weight is 262 g/mol. The van der Waals surface area contributed by atoms with Crippen molar-refractivity contribution in [3.8, 4) is 0 Å². The topological polar surface area (TPSA) is 41.6 Å². The number of carbonyl (C=O) groups is 1. The van der Waals surface area contributed by atoms with Gasteiger partial charge in [0, 0.05) is 19.6 Å². The van der Waals surface area contributed by atoms with Gasteiger partial charge in [-0.1, -0.05) is 30.3 Å². The van der Waals surface area contributed by atoms with Gasteiger partial charge < -0.3 is 9.64 Å². The van der Waals surface area contributed by atoms with Crippen LogP contribution in [-0.4, -0.2) is 43.7 Å². The Morgan fingerprint density at radius 1 is 1.32 bits per heavy atom. The molecule has 1 heterocycles. The molecule has 104 valence electrons. The van der Waals surface area contributed by atoms with Crippen molar-refractivity contribution in [1.29, 1.82) is 0 Å². The van der Waals surface area contributed by atoms with Crippen molar-refractivity contribution < 1.29 is 9.53 Å². The van der Waals surface area contributed by atoms with Crippen molar-refractivity contribution in [3.63, 3.8) is 0 Å². The molecule has 0 unspecified atom stereocenters. The predicted octanol–water partition coefficient (Wildman–Crippen LogP) is 1.41. The number of piperidine rings is 1. The molecule has 1 aromatic carbocycles. The first kappa shape index (κ1) is 14.0. The highest BCUT2D eigenvalue weighted by Crippen LogP contribution is 2.23. The number of rotatable bonds is 4. The van der Waals surface area contributed by atoms with Crippen LogP contribution in [0.2, 0.25) is 0 Å². The Bertz CT molecular complexity index is 411. The highest BCUT2D eigenvalue weighted by Gasteiger charge is 2.41. The van der Waals surface area contributed by atoms with Crippen LogP contribution in [0.25, 0.3) is 0 Å². The molecule has 1 aromatic rings. The first-order valence-electron chi connectivity index (χ1n) is 6.72. The van der Waals surface area contributed by atoms with E-state index in [1.165, 1.54) is 12.7 Å². The maximum Gasteiger partial charge on any atom is 0.326 e. The number of benzene rings is 1. The second-order valence-electron chi connectivity index (χ2n) is 5.22. The van der Waals surface area contributed by atoms with E-state index in [4.69, 9.17) is 4.74 Å². The van der Waals surface area contributed by atoms with Gasteiger partial charge in [-0.2, -0.15) is 0 Å². The molecule has 1 aliphatic rings. The van der Waals surface area contributed by atoms with Crippen molar-refractivity contribution in [1.82, 2.24) is 10.2 Å². The second-order valence-corrected chi connectivity index (χ2v) is 5.22. The Morgan fingerprint density at radius 2 is 1.95 bits per heavy atom. The van der Waals surface area contributed by atoms with Crippen molar-refractivity contribution in [2.24, 2.45) is 0 Å². The Hall–Kier alpha value is -1.39. The lowest BCUT2D eigenvalue weighted by Crippen LogP contribution is -2.58. The van der Waals surface area contributed by atoms with Crippen LogP contribution in [-0.2, 0) is 16.1 Å². The van der Waals surface area contributed by atoms with Gasteiger partial charge >= 0.3 is 5.97 Å². The van der Waals surface area contributed by atoms with Crippen LogP contribution in [0.4, 0.5) is 0 Å². The SMILES string of the molecule is COC(=O)C1(NCc2ccccc2)CCN(C)CC1. The van der Waals surface area contributed by atoms with Gasteiger partial charge in [-0.15, -0.1) is 0 Å². The molecule has 0 aliphatic carbocycles. The number of hydrogen-bond donors (Lipinski definition) is 1. The van der Waals surface area contributed by atoms with E-state index in [0.717, 1.165) is 25.9 Å². The largest absolute Gasteiger partial charge is 0.468 e. The third-order valence-electron chi connectivity index (χ3n) is 3.89. The van der Waals surface area contributed by atoms with E-state index < -0.39 is 5.54 Å². The molecule has 0 amide bonds. The van der Waals surface area contributed by atoms with Gasteiger partial charge in [-0.25, -0.2) is 0 Å². The first-order valence-corrected chi connectivity index (χ1v) is 6.72. The molecule has 19 heavy (non-hydrogen) atoms. The highest BCUT2D eigenvalue weighted by molar-refractivity contribution is 5.81. The Kier molecular flexibility index (Phi) is 4.56. The molecular weight excluding hydrogens is 240 g/mol. The van der Waals surface area contributed by atoms with E-state index in [0.29, 0.717) is 6.54 Å². The molecule has 4 nitrogen and oxygen atoms in total. The summed E-state index contributed by atoms with van der Waals surface area (Å²) in [6.45, 7) is 2.52. The first-order chi connectivity index (χ1) is 9.16. The summed E-state index contributed by atoms with van der Waals surface area (Å²) in [5.41, 5.74) is 0.654. The molecule has 4 heteroatoms. The molecule has 0 radical (unpaired) electrons. The maximum absolute atomic E-state index is 12.1. The number of nitrogens with zero attached hydrogens (tertiary/aromatic N) is 1. The summed E-state index contributed by atoms with van der Waals surface area (Å²) in [4.78, 5) is 14.4. The van der Waals surface area contributed by atoms with E-state index in [-0.39, 0.29) is 5.97 Å². The van der Waals surface area contributed by atoms with Gasteiger partial charge in [0.1, 0.15) is 5.54 Å². The van der Waals surface area contributed by atoms with E-state index in [1.807, 2.05) is 18.2 Å².